The minimum atomic E-state index is -0.289. The molecule has 4 heteroatoms. The topological polar surface area (TPSA) is 35.2 Å². The highest BCUT2D eigenvalue weighted by molar-refractivity contribution is 7.98. The average Bonchev–Trinajstić information content (AvgIpc) is 2.39. The van der Waals surface area contributed by atoms with Crippen LogP contribution in [-0.2, 0) is 5.75 Å². The summed E-state index contributed by atoms with van der Waals surface area (Å²) in [4.78, 5) is 1.06. The summed E-state index contributed by atoms with van der Waals surface area (Å²) in [5.74, 6) is 0.556. The van der Waals surface area contributed by atoms with Gasteiger partial charge < -0.3 is 10.5 Å². The van der Waals surface area contributed by atoms with Gasteiger partial charge in [0.2, 0.25) is 0 Å². The normalized spacial score (nSPS) is 10.3. The smallest absolute Gasteiger partial charge is 0.169 e. The van der Waals surface area contributed by atoms with Crippen LogP contribution in [0.1, 0.15) is 5.56 Å². The van der Waals surface area contributed by atoms with Crippen LogP contribution in [0.5, 0.6) is 5.75 Å². The van der Waals surface area contributed by atoms with Crippen LogP contribution in [0.15, 0.2) is 47.4 Å². The molecule has 2 N–H and O–H groups in total. The molecule has 2 aromatic rings. The van der Waals surface area contributed by atoms with Crippen molar-refractivity contribution >= 4 is 17.4 Å². The second-order valence-corrected chi connectivity index (χ2v) is 4.84. The number of hydrogen-bond donors (Lipinski definition) is 1. The maximum Gasteiger partial charge on any atom is 0.169 e. The van der Waals surface area contributed by atoms with Crippen LogP contribution in [0.2, 0.25) is 0 Å². The van der Waals surface area contributed by atoms with E-state index in [0.29, 0.717) is 11.3 Å². The number of rotatable bonds is 4. The first-order valence-electron chi connectivity index (χ1n) is 5.50. The van der Waals surface area contributed by atoms with E-state index in [1.54, 1.807) is 30.0 Å². The SMILES string of the molecule is COc1cccc(CSc2ccc(N)cc2)c1F. The highest BCUT2D eigenvalue weighted by atomic mass is 32.2. The molecule has 0 amide bonds. The van der Waals surface area contributed by atoms with Crippen molar-refractivity contribution in [2.45, 2.75) is 10.6 Å². The van der Waals surface area contributed by atoms with Gasteiger partial charge in [-0.3, -0.25) is 0 Å². The zero-order valence-corrected chi connectivity index (χ0v) is 10.8. The fraction of sp³-hybridized carbons (Fsp3) is 0.143. The van der Waals surface area contributed by atoms with E-state index in [4.69, 9.17) is 10.5 Å². The number of nitrogen functional groups attached to an aromatic ring is 1. The highest BCUT2D eigenvalue weighted by Crippen LogP contribution is 2.27. The van der Waals surface area contributed by atoms with Crippen LogP contribution in [0, 0.1) is 5.82 Å². The molecule has 2 rings (SSSR count). The zero-order valence-electron chi connectivity index (χ0n) is 10.0. The van der Waals surface area contributed by atoms with Gasteiger partial charge in [-0.25, -0.2) is 4.39 Å². The van der Waals surface area contributed by atoms with Crippen molar-refractivity contribution in [3.8, 4) is 5.75 Å². The van der Waals surface area contributed by atoms with Gasteiger partial charge in [-0.15, -0.1) is 11.8 Å². The van der Waals surface area contributed by atoms with Gasteiger partial charge in [-0.05, 0) is 30.3 Å². The Labute approximate surface area is 110 Å². The second-order valence-electron chi connectivity index (χ2n) is 3.79. The molecule has 0 aliphatic heterocycles. The number of methoxy groups -OCH3 is 1. The van der Waals surface area contributed by atoms with E-state index in [2.05, 4.69) is 0 Å². The molecule has 2 aromatic carbocycles. The molecule has 0 aliphatic rings. The van der Waals surface area contributed by atoms with Crippen molar-refractivity contribution in [3.05, 3.63) is 53.8 Å². The molecule has 0 heterocycles. The third-order valence-corrected chi connectivity index (χ3v) is 3.60. The summed E-state index contributed by atoms with van der Waals surface area (Å²) >= 11 is 1.56. The van der Waals surface area contributed by atoms with Gasteiger partial charge in [0.25, 0.3) is 0 Å². The lowest BCUT2D eigenvalue weighted by atomic mass is 10.2. The highest BCUT2D eigenvalue weighted by Gasteiger charge is 2.08. The van der Waals surface area contributed by atoms with Crippen molar-refractivity contribution in [1.82, 2.24) is 0 Å². The Morgan fingerprint density at radius 1 is 1.17 bits per heavy atom. The van der Waals surface area contributed by atoms with Crippen molar-refractivity contribution in [1.29, 1.82) is 0 Å². The molecule has 0 spiro atoms. The van der Waals surface area contributed by atoms with Crippen LogP contribution in [0.4, 0.5) is 10.1 Å². The maximum absolute atomic E-state index is 13.9. The second kappa shape index (κ2) is 5.78. The van der Waals surface area contributed by atoms with Crippen LogP contribution in [0.25, 0.3) is 0 Å². The van der Waals surface area contributed by atoms with E-state index in [1.807, 2.05) is 24.3 Å². The summed E-state index contributed by atoms with van der Waals surface area (Å²) < 4.78 is 18.8. The third kappa shape index (κ3) is 2.96. The molecule has 0 saturated heterocycles. The maximum atomic E-state index is 13.9. The monoisotopic (exact) mass is 263 g/mol. The first kappa shape index (κ1) is 12.8. The number of nitrogens with two attached hydrogens (primary N) is 1. The lowest BCUT2D eigenvalue weighted by Gasteiger charge is -2.07. The van der Waals surface area contributed by atoms with E-state index < -0.39 is 0 Å². The van der Waals surface area contributed by atoms with Crippen molar-refractivity contribution in [2.75, 3.05) is 12.8 Å². The van der Waals surface area contributed by atoms with Crippen LogP contribution >= 0.6 is 11.8 Å². The minimum Gasteiger partial charge on any atom is -0.494 e. The fourth-order valence-electron chi connectivity index (χ4n) is 1.55. The van der Waals surface area contributed by atoms with E-state index in [1.165, 1.54) is 7.11 Å². The molecule has 2 nitrogen and oxygen atoms in total. The standard InChI is InChI=1S/C14H14FNOS/c1-17-13-4-2-3-10(14(13)15)9-18-12-7-5-11(16)6-8-12/h2-8H,9,16H2,1H3. The predicted molar refractivity (Wildman–Crippen MR) is 73.4 cm³/mol. The first-order valence-corrected chi connectivity index (χ1v) is 6.49. The average molecular weight is 263 g/mol. The molecule has 0 bridgehead atoms. The molecule has 0 saturated carbocycles. The summed E-state index contributed by atoms with van der Waals surface area (Å²) in [5.41, 5.74) is 6.97. The first-order chi connectivity index (χ1) is 8.70. The molecule has 0 unspecified atom stereocenters. The van der Waals surface area contributed by atoms with Gasteiger partial charge in [-0.2, -0.15) is 0 Å². The number of hydrogen-bond acceptors (Lipinski definition) is 3. The molecule has 0 aromatic heterocycles. The molecule has 94 valence electrons. The lowest BCUT2D eigenvalue weighted by Crippen LogP contribution is -1.93. The summed E-state index contributed by atoms with van der Waals surface area (Å²) in [7, 11) is 1.47. The minimum absolute atomic E-state index is 0.283. The summed E-state index contributed by atoms with van der Waals surface area (Å²) in [6.45, 7) is 0. The molecule has 18 heavy (non-hydrogen) atoms. The van der Waals surface area contributed by atoms with Gasteiger partial charge in [0, 0.05) is 21.9 Å². The van der Waals surface area contributed by atoms with E-state index >= 15 is 0 Å². The number of thioether (sulfide) groups is 1. The largest absolute Gasteiger partial charge is 0.494 e. The Balaban J connectivity index is 2.08. The Hall–Kier alpha value is -1.68. The Bertz CT molecular complexity index is 528. The van der Waals surface area contributed by atoms with Gasteiger partial charge in [0.05, 0.1) is 7.11 Å². The van der Waals surface area contributed by atoms with Gasteiger partial charge >= 0.3 is 0 Å². The van der Waals surface area contributed by atoms with Crippen molar-refractivity contribution in [2.24, 2.45) is 0 Å². The molecular weight excluding hydrogens is 249 g/mol. The number of halogens is 1. The van der Waals surface area contributed by atoms with Crippen molar-refractivity contribution in [3.63, 3.8) is 0 Å². The number of benzene rings is 2. The molecule has 0 aliphatic carbocycles. The van der Waals surface area contributed by atoms with E-state index in [9.17, 15) is 4.39 Å². The number of anilines is 1. The number of ether oxygens (including phenoxy) is 1. The summed E-state index contributed by atoms with van der Waals surface area (Å²) in [6.07, 6.45) is 0. The Kier molecular flexibility index (Phi) is 4.10. The molecular formula is C14H14FNOS. The zero-order chi connectivity index (χ0) is 13.0. The van der Waals surface area contributed by atoms with Crippen LogP contribution in [-0.4, -0.2) is 7.11 Å². The van der Waals surface area contributed by atoms with E-state index in [-0.39, 0.29) is 11.6 Å². The quantitative estimate of drug-likeness (QED) is 0.674. The lowest BCUT2D eigenvalue weighted by molar-refractivity contribution is 0.385. The summed E-state index contributed by atoms with van der Waals surface area (Å²) in [5, 5.41) is 0. The predicted octanol–water partition coefficient (Wildman–Crippen LogP) is 3.71. The molecule has 0 radical (unpaired) electrons. The fourth-order valence-corrected chi connectivity index (χ4v) is 2.42. The molecule has 0 atom stereocenters. The Morgan fingerprint density at radius 3 is 2.56 bits per heavy atom. The van der Waals surface area contributed by atoms with Crippen molar-refractivity contribution < 1.29 is 9.13 Å². The van der Waals surface area contributed by atoms with E-state index in [0.717, 1.165) is 10.6 Å². The van der Waals surface area contributed by atoms with Crippen LogP contribution < -0.4 is 10.5 Å². The third-order valence-electron chi connectivity index (χ3n) is 2.54. The van der Waals surface area contributed by atoms with Gasteiger partial charge in [0.15, 0.2) is 11.6 Å². The van der Waals surface area contributed by atoms with Crippen LogP contribution in [0.3, 0.4) is 0 Å². The van der Waals surface area contributed by atoms with Gasteiger partial charge in [0.1, 0.15) is 0 Å². The Morgan fingerprint density at radius 2 is 1.89 bits per heavy atom. The van der Waals surface area contributed by atoms with Gasteiger partial charge in [-0.1, -0.05) is 12.1 Å². The molecule has 0 fully saturated rings. The summed E-state index contributed by atoms with van der Waals surface area (Å²) in [6, 6.07) is 12.7.